The van der Waals surface area contributed by atoms with Crippen molar-refractivity contribution in [2.24, 2.45) is 0 Å². The van der Waals surface area contributed by atoms with Gasteiger partial charge in [0.25, 0.3) is 0 Å². The fourth-order valence-corrected chi connectivity index (χ4v) is 5.46. The van der Waals surface area contributed by atoms with E-state index in [9.17, 15) is 9.50 Å². The number of hydrogen-bond acceptors (Lipinski definition) is 4. The predicted molar refractivity (Wildman–Crippen MR) is 132 cm³/mol. The molecule has 5 nitrogen and oxygen atoms in total. The second-order valence-corrected chi connectivity index (χ2v) is 10.2. The van der Waals surface area contributed by atoms with Crippen LogP contribution >= 0.6 is 23.2 Å². The van der Waals surface area contributed by atoms with Gasteiger partial charge in [0.1, 0.15) is 17.3 Å². The summed E-state index contributed by atoms with van der Waals surface area (Å²) in [6.07, 6.45) is 3.97. The summed E-state index contributed by atoms with van der Waals surface area (Å²) in [5.41, 5.74) is 1.76. The highest BCUT2D eigenvalue weighted by molar-refractivity contribution is 6.39. The van der Waals surface area contributed by atoms with E-state index < -0.39 is 11.4 Å². The van der Waals surface area contributed by atoms with E-state index in [4.69, 9.17) is 39.0 Å². The zero-order valence-corrected chi connectivity index (χ0v) is 20.6. The zero-order chi connectivity index (χ0) is 24.6. The van der Waals surface area contributed by atoms with Crippen molar-refractivity contribution in [1.82, 2.24) is 5.16 Å². The van der Waals surface area contributed by atoms with E-state index in [1.165, 1.54) is 6.07 Å². The molecule has 0 aliphatic heterocycles. The number of ether oxygens (including phenoxy) is 1. The number of rotatable bonds is 7. The molecule has 0 spiro atoms. The lowest BCUT2D eigenvalue weighted by molar-refractivity contribution is -0.0656. The van der Waals surface area contributed by atoms with Crippen molar-refractivity contribution in [1.29, 1.82) is 0 Å². The molecule has 0 unspecified atom stereocenters. The highest BCUT2D eigenvalue weighted by Crippen LogP contribution is 2.46. The van der Waals surface area contributed by atoms with Gasteiger partial charge >= 0.3 is 0 Å². The topological polar surface area (TPSA) is 59.9 Å². The highest BCUT2D eigenvalue weighted by atomic mass is 35.5. The van der Waals surface area contributed by atoms with Gasteiger partial charge in [0.05, 0.1) is 28.4 Å². The zero-order valence-electron chi connectivity index (χ0n) is 19.1. The maximum atomic E-state index is 14.7. The lowest BCUT2D eigenvalue weighted by atomic mass is 9.78. The lowest BCUT2D eigenvalue weighted by Crippen LogP contribution is -2.35. The van der Waals surface area contributed by atoms with Gasteiger partial charge in [-0.3, -0.25) is 0 Å². The molecule has 8 heteroatoms. The van der Waals surface area contributed by atoms with Crippen molar-refractivity contribution in [3.05, 3.63) is 86.1 Å². The van der Waals surface area contributed by atoms with Crippen LogP contribution in [0.25, 0.3) is 16.1 Å². The van der Waals surface area contributed by atoms with E-state index in [0.717, 1.165) is 24.2 Å². The van der Waals surface area contributed by atoms with Gasteiger partial charge in [-0.25, -0.2) is 11.0 Å². The number of hydrogen-bond donors (Lipinski definition) is 1. The summed E-state index contributed by atoms with van der Waals surface area (Å²) in [4.78, 5) is 3.29. The minimum absolute atomic E-state index is 0.0868. The summed E-state index contributed by atoms with van der Waals surface area (Å²) in [5.74, 6) is 0.694. The molecule has 35 heavy (non-hydrogen) atoms. The Morgan fingerprint density at radius 2 is 1.86 bits per heavy atom. The summed E-state index contributed by atoms with van der Waals surface area (Å²) in [6.45, 7) is 7.38. The van der Waals surface area contributed by atoms with Crippen LogP contribution in [0.1, 0.15) is 66.9 Å². The molecule has 2 fully saturated rings. The Kier molecular flexibility index (Phi) is 6.87. The van der Waals surface area contributed by atoms with Gasteiger partial charge in [0.15, 0.2) is 0 Å². The SMILES string of the molecule is [C-]#[N+]Cc1ccc(C2(O)CCC(OCc3c(-c4c(Cl)cccc4Cl)noc3C3CC3)CC2)c(F)c1. The Labute approximate surface area is 213 Å². The molecule has 0 bridgehead atoms. The van der Waals surface area contributed by atoms with Crippen molar-refractivity contribution in [2.75, 3.05) is 0 Å². The maximum Gasteiger partial charge on any atom is 0.239 e. The average Bonchev–Trinajstić information content (AvgIpc) is 3.59. The van der Waals surface area contributed by atoms with E-state index in [0.29, 0.717) is 65.1 Å². The summed E-state index contributed by atoms with van der Waals surface area (Å²) in [5, 5.41) is 16.5. The maximum absolute atomic E-state index is 14.7. The molecule has 2 saturated carbocycles. The minimum Gasteiger partial charge on any atom is -0.385 e. The van der Waals surface area contributed by atoms with Crippen LogP contribution in [0.15, 0.2) is 40.9 Å². The highest BCUT2D eigenvalue weighted by Gasteiger charge is 2.38. The number of aromatic nitrogens is 1. The van der Waals surface area contributed by atoms with Crippen LogP contribution in [0.2, 0.25) is 10.0 Å². The number of nitrogens with zero attached hydrogens (tertiary/aromatic N) is 2. The molecule has 1 aromatic heterocycles. The fourth-order valence-electron chi connectivity index (χ4n) is 4.88. The summed E-state index contributed by atoms with van der Waals surface area (Å²) in [6, 6.07) is 10.00. The molecule has 0 radical (unpaired) electrons. The van der Waals surface area contributed by atoms with E-state index in [2.05, 4.69) is 10.0 Å². The Morgan fingerprint density at radius 1 is 1.14 bits per heavy atom. The van der Waals surface area contributed by atoms with Gasteiger partial charge in [0, 0.05) is 28.2 Å². The van der Waals surface area contributed by atoms with Crippen molar-refractivity contribution < 1.29 is 18.8 Å². The first kappa shape index (κ1) is 24.3. The normalized spacial score (nSPS) is 22.2. The van der Waals surface area contributed by atoms with Gasteiger partial charge in [-0.2, -0.15) is 0 Å². The molecule has 1 N–H and O–H groups in total. The second kappa shape index (κ2) is 9.91. The predicted octanol–water partition coefficient (Wildman–Crippen LogP) is 7.43. The molecular weight excluding hydrogens is 490 g/mol. The quantitative estimate of drug-likeness (QED) is 0.333. The van der Waals surface area contributed by atoms with Crippen LogP contribution < -0.4 is 0 Å². The van der Waals surface area contributed by atoms with Crippen molar-refractivity contribution >= 4 is 23.2 Å². The second-order valence-electron chi connectivity index (χ2n) is 9.42. The van der Waals surface area contributed by atoms with Crippen LogP contribution in [0.5, 0.6) is 0 Å². The number of halogens is 3. The number of aliphatic hydroxyl groups is 1. The Morgan fingerprint density at radius 3 is 2.49 bits per heavy atom. The van der Waals surface area contributed by atoms with Gasteiger partial charge in [-0.15, -0.1) is 0 Å². The third-order valence-corrected chi connectivity index (χ3v) is 7.62. The summed E-state index contributed by atoms with van der Waals surface area (Å²) in [7, 11) is 0. The van der Waals surface area contributed by atoms with Crippen LogP contribution in [-0.4, -0.2) is 16.4 Å². The van der Waals surface area contributed by atoms with Crippen molar-refractivity contribution in [2.45, 2.75) is 69.3 Å². The van der Waals surface area contributed by atoms with Gasteiger partial charge in [-0.1, -0.05) is 46.6 Å². The average molecular weight is 515 g/mol. The molecule has 2 aromatic carbocycles. The standard InChI is InChI=1S/C27H25Cl2FN2O3/c1-31-14-16-5-8-20(23(30)13-16)27(33)11-9-18(10-12-27)34-15-19-25(32-35-26(19)17-6-7-17)24-21(28)3-2-4-22(24)29/h2-5,8,13,17-18,33H,6-7,9-12,14-15H2. The van der Waals surface area contributed by atoms with E-state index in [-0.39, 0.29) is 18.2 Å². The van der Waals surface area contributed by atoms with Gasteiger partial charge in [0.2, 0.25) is 6.54 Å². The van der Waals surface area contributed by atoms with E-state index in [1.807, 2.05) is 0 Å². The molecule has 182 valence electrons. The molecule has 2 aliphatic rings. The molecule has 0 atom stereocenters. The first-order valence-corrected chi connectivity index (χ1v) is 12.5. The van der Waals surface area contributed by atoms with Crippen LogP contribution in [0.3, 0.4) is 0 Å². The largest absolute Gasteiger partial charge is 0.385 e. The van der Waals surface area contributed by atoms with E-state index >= 15 is 0 Å². The molecule has 5 rings (SSSR count). The smallest absolute Gasteiger partial charge is 0.239 e. The third-order valence-electron chi connectivity index (χ3n) is 6.99. The van der Waals surface area contributed by atoms with E-state index in [1.54, 1.807) is 30.3 Å². The molecule has 0 saturated heterocycles. The first-order chi connectivity index (χ1) is 16.9. The van der Waals surface area contributed by atoms with Crippen LogP contribution in [0.4, 0.5) is 4.39 Å². The first-order valence-electron chi connectivity index (χ1n) is 11.8. The third kappa shape index (κ3) is 4.96. The Bertz CT molecular complexity index is 1250. The van der Waals surface area contributed by atoms with Gasteiger partial charge < -0.3 is 19.2 Å². The molecular formula is C27H25Cl2FN2O3. The Balaban J connectivity index is 1.29. The summed E-state index contributed by atoms with van der Waals surface area (Å²) >= 11 is 12.9. The lowest BCUT2D eigenvalue weighted by Gasteiger charge is -2.36. The molecule has 3 aromatic rings. The van der Waals surface area contributed by atoms with Crippen LogP contribution in [-0.2, 0) is 23.5 Å². The van der Waals surface area contributed by atoms with Crippen LogP contribution in [0, 0.1) is 12.4 Å². The number of benzene rings is 2. The summed E-state index contributed by atoms with van der Waals surface area (Å²) < 4.78 is 26.7. The minimum atomic E-state index is -1.24. The molecule has 1 heterocycles. The van der Waals surface area contributed by atoms with Crippen molar-refractivity contribution in [3.63, 3.8) is 0 Å². The molecule has 0 amide bonds. The van der Waals surface area contributed by atoms with Crippen molar-refractivity contribution in [3.8, 4) is 11.3 Å². The molecule has 2 aliphatic carbocycles. The van der Waals surface area contributed by atoms with Gasteiger partial charge in [-0.05, 0) is 56.7 Å². The Hall–Kier alpha value is -2.43. The fraction of sp³-hybridized carbons (Fsp3) is 0.407. The monoisotopic (exact) mass is 514 g/mol.